The lowest BCUT2D eigenvalue weighted by Crippen LogP contribution is -2.24. The van der Waals surface area contributed by atoms with Crippen LogP contribution >= 0.6 is 0 Å². The van der Waals surface area contributed by atoms with Crippen molar-refractivity contribution in [3.8, 4) is 0 Å². The van der Waals surface area contributed by atoms with Crippen molar-refractivity contribution in [2.45, 2.75) is 32.2 Å². The number of benzene rings is 1. The van der Waals surface area contributed by atoms with Gasteiger partial charge in [0.1, 0.15) is 0 Å². The summed E-state index contributed by atoms with van der Waals surface area (Å²) in [4.78, 5) is 0. The van der Waals surface area contributed by atoms with Gasteiger partial charge in [-0.05, 0) is 50.4 Å². The van der Waals surface area contributed by atoms with Crippen molar-refractivity contribution in [2.24, 2.45) is 0 Å². The van der Waals surface area contributed by atoms with Crippen LogP contribution in [0.2, 0.25) is 0 Å². The van der Waals surface area contributed by atoms with Crippen LogP contribution in [0.3, 0.4) is 0 Å². The Labute approximate surface area is 80.2 Å². The SMILES string of the molecule is CNC1(c2ccc(C)c(C)c2)CC1. The summed E-state index contributed by atoms with van der Waals surface area (Å²) in [5.74, 6) is 0. The molecule has 0 amide bonds. The van der Waals surface area contributed by atoms with Crippen molar-refractivity contribution >= 4 is 0 Å². The zero-order chi connectivity index (χ0) is 9.47. The van der Waals surface area contributed by atoms with E-state index in [1.54, 1.807) is 0 Å². The van der Waals surface area contributed by atoms with E-state index in [0.29, 0.717) is 5.54 Å². The van der Waals surface area contributed by atoms with E-state index < -0.39 is 0 Å². The smallest absolute Gasteiger partial charge is 0.0433 e. The zero-order valence-electron chi connectivity index (χ0n) is 8.65. The van der Waals surface area contributed by atoms with Crippen LogP contribution in [0.5, 0.6) is 0 Å². The maximum absolute atomic E-state index is 3.42. The standard InChI is InChI=1S/C12H17N/c1-9-4-5-11(8-10(9)2)12(13-3)6-7-12/h4-5,8,13H,6-7H2,1-3H3. The molecule has 0 aromatic heterocycles. The molecule has 1 aliphatic rings. The largest absolute Gasteiger partial charge is 0.310 e. The van der Waals surface area contributed by atoms with Crippen LogP contribution in [-0.4, -0.2) is 7.05 Å². The molecule has 0 spiro atoms. The molecule has 1 aromatic carbocycles. The van der Waals surface area contributed by atoms with Crippen molar-refractivity contribution < 1.29 is 0 Å². The summed E-state index contributed by atoms with van der Waals surface area (Å²) in [6.45, 7) is 4.35. The molecule has 2 rings (SSSR count). The Hall–Kier alpha value is -0.820. The van der Waals surface area contributed by atoms with Crippen LogP contribution in [0, 0.1) is 13.8 Å². The molecular formula is C12H17N. The van der Waals surface area contributed by atoms with Gasteiger partial charge in [0.15, 0.2) is 0 Å². The predicted molar refractivity (Wildman–Crippen MR) is 55.9 cm³/mol. The summed E-state index contributed by atoms with van der Waals surface area (Å²) < 4.78 is 0. The van der Waals surface area contributed by atoms with Gasteiger partial charge in [-0.1, -0.05) is 18.2 Å². The lowest BCUT2D eigenvalue weighted by Gasteiger charge is -2.15. The minimum absolute atomic E-state index is 0.318. The molecule has 1 N–H and O–H groups in total. The van der Waals surface area contributed by atoms with E-state index in [1.807, 2.05) is 0 Å². The molecule has 0 aliphatic heterocycles. The molecule has 1 aromatic rings. The van der Waals surface area contributed by atoms with Crippen LogP contribution in [0.15, 0.2) is 18.2 Å². The second-order valence-electron chi connectivity index (χ2n) is 4.13. The highest BCUT2D eigenvalue weighted by atomic mass is 15.0. The molecule has 0 heterocycles. The third-order valence-corrected chi connectivity index (χ3v) is 3.29. The highest BCUT2D eigenvalue weighted by Crippen LogP contribution is 2.45. The Bertz CT molecular complexity index is 324. The average molecular weight is 175 g/mol. The van der Waals surface area contributed by atoms with Crippen LogP contribution in [-0.2, 0) is 5.54 Å². The quantitative estimate of drug-likeness (QED) is 0.728. The van der Waals surface area contributed by atoms with E-state index in [9.17, 15) is 0 Å². The molecule has 0 unspecified atom stereocenters. The van der Waals surface area contributed by atoms with Gasteiger partial charge < -0.3 is 5.32 Å². The highest BCUT2D eigenvalue weighted by Gasteiger charge is 2.42. The van der Waals surface area contributed by atoms with Crippen molar-refractivity contribution in [2.75, 3.05) is 7.05 Å². The van der Waals surface area contributed by atoms with Crippen LogP contribution in [0.25, 0.3) is 0 Å². The Balaban J connectivity index is 2.37. The first-order chi connectivity index (χ1) is 6.18. The topological polar surface area (TPSA) is 12.0 Å². The Morgan fingerprint density at radius 2 is 1.85 bits per heavy atom. The van der Waals surface area contributed by atoms with Gasteiger partial charge in [-0.25, -0.2) is 0 Å². The molecule has 13 heavy (non-hydrogen) atoms. The molecule has 1 heteroatoms. The van der Waals surface area contributed by atoms with Gasteiger partial charge in [-0.15, -0.1) is 0 Å². The second-order valence-corrected chi connectivity index (χ2v) is 4.13. The first-order valence-corrected chi connectivity index (χ1v) is 4.95. The summed E-state index contributed by atoms with van der Waals surface area (Å²) >= 11 is 0. The number of aryl methyl sites for hydroxylation is 2. The fourth-order valence-corrected chi connectivity index (χ4v) is 1.85. The maximum atomic E-state index is 3.42. The first kappa shape index (κ1) is 8.76. The molecule has 0 saturated heterocycles. The zero-order valence-corrected chi connectivity index (χ0v) is 8.65. The summed E-state index contributed by atoms with van der Waals surface area (Å²) in [5, 5.41) is 3.42. The second kappa shape index (κ2) is 2.85. The Morgan fingerprint density at radius 1 is 1.15 bits per heavy atom. The summed E-state index contributed by atoms with van der Waals surface area (Å²) in [7, 11) is 2.06. The van der Waals surface area contributed by atoms with Gasteiger partial charge in [-0.2, -0.15) is 0 Å². The van der Waals surface area contributed by atoms with E-state index >= 15 is 0 Å². The maximum Gasteiger partial charge on any atom is 0.0433 e. The van der Waals surface area contributed by atoms with Gasteiger partial charge >= 0.3 is 0 Å². The minimum atomic E-state index is 0.318. The Morgan fingerprint density at radius 3 is 2.31 bits per heavy atom. The van der Waals surface area contributed by atoms with E-state index in [2.05, 4.69) is 44.4 Å². The van der Waals surface area contributed by atoms with Gasteiger partial charge in [0, 0.05) is 5.54 Å². The van der Waals surface area contributed by atoms with E-state index in [4.69, 9.17) is 0 Å². The fraction of sp³-hybridized carbons (Fsp3) is 0.500. The molecule has 70 valence electrons. The number of rotatable bonds is 2. The fourth-order valence-electron chi connectivity index (χ4n) is 1.85. The Kier molecular flexibility index (Phi) is 1.92. The van der Waals surface area contributed by atoms with Crippen LogP contribution < -0.4 is 5.32 Å². The molecular weight excluding hydrogens is 158 g/mol. The molecule has 1 saturated carbocycles. The third kappa shape index (κ3) is 1.37. The summed E-state index contributed by atoms with van der Waals surface area (Å²) in [5.41, 5.74) is 4.56. The molecule has 0 radical (unpaired) electrons. The molecule has 1 nitrogen and oxygen atoms in total. The van der Waals surface area contributed by atoms with Crippen molar-refractivity contribution in [1.82, 2.24) is 5.32 Å². The number of nitrogens with one attached hydrogen (secondary N) is 1. The monoisotopic (exact) mass is 175 g/mol. The summed E-state index contributed by atoms with van der Waals surface area (Å²) in [6.07, 6.45) is 2.57. The van der Waals surface area contributed by atoms with Crippen molar-refractivity contribution in [1.29, 1.82) is 0 Å². The van der Waals surface area contributed by atoms with Crippen LogP contribution in [0.1, 0.15) is 29.5 Å². The molecule has 0 atom stereocenters. The third-order valence-electron chi connectivity index (χ3n) is 3.29. The lowest BCUT2D eigenvalue weighted by atomic mass is 10.00. The van der Waals surface area contributed by atoms with Gasteiger partial charge in [0.25, 0.3) is 0 Å². The van der Waals surface area contributed by atoms with Gasteiger partial charge in [0.2, 0.25) is 0 Å². The molecule has 1 aliphatic carbocycles. The van der Waals surface area contributed by atoms with Gasteiger partial charge in [0.05, 0.1) is 0 Å². The number of hydrogen-bond acceptors (Lipinski definition) is 1. The van der Waals surface area contributed by atoms with Gasteiger partial charge in [-0.3, -0.25) is 0 Å². The van der Waals surface area contributed by atoms with E-state index in [-0.39, 0.29) is 0 Å². The normalized spacial score (nSPS) is 18.7. The average Bonchev–Trinajstić information content (AvgIpc) is 2.90. The first-order valence-electron chi connectivity index (χ1n) is 4.95. The molecule has 1 fully saturated rings. The van der Waals surface area contributed by atoms with Crippen LogP contribution in [0.4, 0.5) is 0 Å². The highest BCUT2D eigenvalue weighted by molar-refractivity contribution is 5.37. The minimum Gasteiger partial charge on any atom is -0.310 e. The predicted octanol–water partition coefficient (Wildman–Crippen LogP) is 2.51. The van der Waals surface area contributed by atoms with Crippen molar-refractivity contribution in [3.63, 3.8) is 0 Å². The number of hydrogen-bond donors (Lipinski definition) is 1. The van der Waals surface area contributed by atoms with E-state index in [1.165, 1.54) is 29.5 Å². The molecule has 0 bridgehead atoms. The lowest BCUT2D eigenvalue weighted by molar-refractivity contribution is 0.585. The summed E-state index contributed by atoms with van der Waals surface area (Å²) in [6, 6.07) is 6.80. The van der Waals surface area contributed by atoms with Crippen molar-refractivity contribution in [3.05, 3.63) is 34.9 Å². The van der Waals surface area contributed by atoms with E-state index in [0.717, 1.165) is 0 Å².